The summed E-state index contributed by atoms with van der Waals surface area (Å²) in [4.78, 5) is 13.9. The van der Waals surface area contributed by atoms with Crippen LogP contribution in [0, 0.1) is 17.3 Å². The average molecular weight is 388 g/mol. The van der Waals surface area contributed by atoms with Crippen molar-refractivity contribution in [3.05, 3.63) is 29.3 Å². The zero-order valence-electron chi connectivity index (χ0n) is 17.3. The molecular weight excluding hydrogens is 354 g/mol. The van der Waals surface area contributed by atoms with Gasteiger partial charge in [0.1, 0.15) is 12.4 Å². The van der Waals surface area contributed by atoms with Crippen LogP contribution in [0.2, 0.25) is 0 Å². The first-order valence-electron chi connectivity index (χ1n) is 10.7. The van der Waals surface area contributed by atoms with Crippen LogP contribution in [0.1, 0.15) is 56.1 Å². The van der Waals surface area contributed by atoms with Crippen LogP contribution in [0.25, 0.3) is 0 Å². The van der Waals surface area contributed by atoms with Crippen molar-refractivity contribution in [3.63, 3.8) is 0 Å². The van der Waals surface area contributed by atoms with Gasteiger partial charge in [-0.3, -0.25) is 0 Å². The predicted octanol–water partition coefficient (Wildman–Crippen LogP) is 3.98. The molecule has 3 aliphatic rings. The zero-order valence-corrected chi connectivity index (χ0v) is 17.3. The van der Waals surface area contributed by atoms with Crippen LogP contribution in [0.15, 0.2) is 18.2 Å². The molecule has 0 unspecified atom stereocenters. The monoisotopic (exact) mass is 387 g/mol. The molecule has 1 N–H and O–H groups in total. The number of ether oxygens (including phenoxy) is 2. The molecule has 4 rings (SSSR count). The second-order valence-corrected chi connectivity index (χ2v) is 9.42. The molecule has 0 radical (unpaired) electrons. The second-order valence-electron chi connectivity index (χ2n) is 9.42. The summed E-state index contributed by atoms with van der Waals surface area (Å²) in [7, 11) is 3.87. The van der Waals surface area contributed by atoms with Gasteiger partial charge in [-0.2, -0.15) is 0 Å². The van der Waals surface area contributed by atoms with E-state index in [9.17, 15) is 9.90 Å². The van der Waals surface area contributed by atoms with Crippen molar-refractivity contribution in [2.24, 2.45) is 17.3 Å². The minimum Gasteiger partial charge on any atom is -0.433 e. The number of aliphatic hydroxyl groups is 1. The molecular formula is C23H33NO4. The molecule has 2 saturated carbocycles. The van der Waals surface area contributed by atoms with Crippen molar-refractivity contribution in [2.45, 2.75) is 57.5 Å². The van der Waals surface area contributed by atoms with Crippen LogP contribution >= 0.6 is 0 Å². The number of fused-ring (bicyclic) bond motifs is 5. The highest BCUT2D eigenvalue weighted by Gasteiger charge is 2.54. The van der Waals surface area contributed by atoms with E-state index in [0.717, 1.165) is 32.1 Å². The predicted molar refractivity (Wildman–Crippen MR) is 108 cm³/mol. The Kier molecular flexibility index (Phi) is 5.41. The quantitative estimate of drug-likeness (QED) is 0.625. The number of likely N-dealkylation sites (N-methyl/N-ethyl adjacent to an activating group) is 1. The van der Waals surface area contributed by atoms with Crippen molar-refractivity contribution < 1.29 is 19.4 Å². The van der Waals surface area contributed by atoms with E-state index in [2.05, 4.69) is 13.0 Å². The molecule has 5 heteroatoms. The Morgan fingerprint density at radius 3 is 2.86 bits per heavy atom. The Hall–Kier alpha value is -1.59. The smallest absolute Gasteiger partial charge is 0.433 e. The van der Waals surface area contributed by atoms with Gasteiger partial charge in [0.15, 0.2) is 0 Å². The highest BCUT2D eigenvalue weighted by Crippen LogP contribution is 2.60. The van der Waals surface area contributed by atoms with E-state index in [1.54, 1.807) is 0 Å². The zero-order chi connectivity index (χ0) is 19.9. The van der Waals surface area contributed by atoms with Crippen molar-refractivity contribution in [1.82, 2.24) is 4.90 Å². The van der Waals surface area contributed by atoms with Crippen molar-refractivity contribution in [1.29, 1.82) is 0 Å². The Bertz CT molecular complexity index is 733. The Labute approximate surface area is 168 Å². The average Bonchev–Trinajstić information content (AvgIpc) is 2.96. The van der Waals surface area contributed by atoms with Crippen molar-refractivity contribution in [3.8, 4) is 5.75 Å². The number of benzene rings is 1. The molecule has 2 fully saturated rings. The summed E-state index contributed by atoms with van der Waals surface area (Å²) < 4.78 is 10.5. The number of rotatable bonds is 4. The van der Waals surface area contributed by atoms with Crippen molar-refractivity contribution >= 4 is 6.16 Å². The minimum absolute atomic E-state index is 0.109. The molecule has 154 valence electrons. The van der Waals surface area contributed by atoms with Crippen LogP contribution in [0.5, 0.6) is 5.75 Å². The third kappa shape index (κ3) is 3.55. The first kappa shape index (κ1) is 19.7. The van der Waals surface area contributed by atoms with Crippen LogP contribution in [-0.4, -0.2) is 49.5 Å². The number of carbonyl (C=O) groups is 1. The maximum atomic E-state index is 11.9. The minimum atomic E-state index is -0.635. The lowest BCUT2D eigenvalue weighted by Gasteiger charge is -2.50. The first-order chi connectivity index (χ1) is 13.4. The molecule has 5 nitrogen and oxygen atoms in total. The lowest BCUT2D eigenvalue weighted by atomic mass is 9.55. The largest absolute Gasteiger partial charge is 0.513 e. The van der Waals surface area contributed by atoms with Crippen LogP contribution in [0.3, 0.4) is 0 Å². The molecule has 1 aromatic rings. The number of hydrogen-bond acceptors (Lipinski definition) is 5. The Morgan fingerprint density at radius 2 is 2.07 bits per heavy atom. The number of carbonyl (C=O) groups excluding carboxylic acids is 1. The third-order valence-electron chi connectivity index (χ3n) is 7.61. The van der Waals surface area contributed by atoms with Gasteiger partial charge in [0.2, 0.25) is 0 Å². The van der Waals surface area contributed by atoms with Gasteiger partial charge in [-0.15, -0.1) is 0 Å². The topological polar surface area (TPSA) is 59.0 Å². The molecule has 0 heterocycles. The van der Waals surface area contributed by atoms with E-state index in [0.29, 0.717) is 36.7 Å². The standard InChI is InChI=1S/C23H33NO4/c1-23-11-10-18-17-7-5-16(28-22(26)27-13-12-24(2)3)14-15(17)4-6-19(18)20(23)8-9-21(23)25/h5,7,14,18-21,25H,4,6,8-13H2,1-3H3/t18-,19-,20+,21+,23+/m1/s1. The molecule has 0 amide bonds. The number of aliphatic hydroxyl groups excluding tert-OH is 1. The number of aryl methyl sites for hydroxylation is 1. The first-order valence-corrected chi connectivity index (χ1v) is 10.7. The van der Waals surface area contributed by atoms with Crippen LogP contribution in [0.4, 0.5) is 4.79 Å². The van der Waals surface area contributed by atoms with E-state index in [-0.39, 0.29) is 11.5 Å². The molecule has 3 aliphatic carbocycles. The molecule has 0 aromatic heterocycles. The molecule has 1 aromatic carbocycles. The Morgan fingerprint density at radius 1 is 1.25 bits per heavy atom. The second kappa shape index (κ2) is 7.68. The molecule has 0 saturated heterocycles. The van der Waals surface area contributed by atoms with Gasteiger partial charge in [-0.1, -0.05) is 13.0 Å². The SMILES string of the molecule is CN(C)CCOC(=O)Oc1ccc2c(c1)CC[C@@H]1[C@@H]2CC[C@]2(C)[C@@H](O)CC[C@@H]12. The van der Waals surface area contributed by atoms with Gasteiger partial charge in [0, 0.05) is 6.54 Å². The summed E-state index contributed by atoms with van der Waals surface area (Å²) in [5.41, 5.74) is 2.84. The Balaban J connectivity index is 1.44. The van der Waals surface area contributed by atoms with Gasteiger partial charge in [0.05, 0.1) is 6.10 Å². The van der Waals surface area contributed by atoms with E-state index < -0.39 is 6.16 Å². The highest BCUT2D eigenvalue weighted by molar-refractivity contribution is 5.64. The summed E-state index contributed by atoms with van der Waals surface area (Å²) >= 11 is 0. The van der Waals surface area contributed by atoms with E-state index in [1.807, 2.05) is 31.1 Å². The number of nitrogens with zero attached hydrogens (tertiary/aromatic N) is 1. The lowest BCUT2D eigenvalue weighted by Crippen LogP contribution is -2.43. The maximum Gasteiger partial charge on any atom is 0.513 e. The molecule has 0 spiro atoms. The summed E-state index contributed by atoms with van der Waals surface area (Å²) in [6.07, 6.45) is 5.80. The van der Waals surface area contributed by atoms with Gasteiger partial charge in [-0.25, -0.2) is 4.79 Å². The maximum absolute atomic E-state index is 11.9. The summed E-state index contributed by atoms with van der Waals surface area (Å²) in [5, 5.41) is 10.5. The molecule has 5 atom stereocenters. The molecule has 0 aliphatic heterocycles. The van der Waals surface area contributed by atoms with E-state index in [4.69, 9.17) is 9.47 Å². The van der Waals surface area contributed by atoms with Gasteiger partial charge < -0.3 is 19.5 Å². The summed E-state index contributed by atoms with van der Waals surface area (Å²) in [6.45, 7) is 3.31. The van der Waals surface area contributed by atoms with Gasteiger partial charge >= 0.3 is 6.16 Å². The van der Waals surface area contributed by atoms with Crippen LogP contribution < -0.4 is 4.74 Å². The summed E-state index contributed by atoms with van der Waals surface area (Å²) in [5.74, 6) is 2.46. The number of hydrogen-bond donors (Lipinski definition) is 1. The fraction of sp³-hybridized carbons (Fsp3) is 0.696. The van der Waals surface area contributed by atoms with Gasteiger partial charge in [-0.05, 0) is 99.0 Å². The highest BCUT2D eigenvalue weighted by atomic mass is 16.7. The lowest BCUT2D eigenvalue weighted by molar-refractivity contribution is -0.0226. The molecule has 28 heavy (non-hydrogen) atoms. The fourth-order valence-electron chi connectivity index (χ4n) is 6.03. The van der Waals surface area contributed by atoms with E-state index in [1.165, 1.54) is 17.5 Å². The van der Waals surface area contributed by atoms with Crippen LogP contribution in [-0.2, 0) is 11.2 Å². The van der Waals surface area contributed by atoms with Crippen molar-refractivity contribution in [2.75, 3.05) is 27.2 Å². The van der Waals surface area contributed by atoms with Gasteiger partial charge in [0.25, 0.3) is 0 Å². The third-order valence-corrected chi connectivity index (χ3v) is 7.61. The summed E-state index contributed by atoms with van der Waals surface area (Å²) in [6, 6.07) is 6.09. The fourth-order valence-corrected chi connectivity index (χ4v) is 6.03. The molecule has 0 bridgehead atoms. The normalized spacial score (nSPS) is 33.8. The van der Waals surface area contributed by atoms with E-state index >= 15 is 0 Å².